The fraction of sp³-hybridized carbons (Fsp3) is 0.600. The third kappa shape index (κ3) is 4.03. The molecule has 0 amide bonds. The van der Waals surface area contributed by atoms with E-state index in [1.807, 2.05) is 0 Å². The predicted octanol–water partition coefficient (Wildman–Crippen LogP) is 0.835. The summed E-state index contributed by atoms with van der Waals surface area (Å²) >= 11 is 0. The maximum Gasteiger partial charge on any atom is 0.216 e. The summed E-state index contributed by atoms with van der Waals surface area (Å²) in [4.78, 5) is 2.39. The second-order valence-corrected chi connectivity index (χ2v) is 7.82. The van der Waals surface area contributed by atoms with Crippen molar-refractivity contribution in [1.29, 1.82) is 0 Å². The summed E-state index contributed by atoms with van der Waals surface area (Å²) in [6.45, 7) is 1.76. The molecular weight excluding hydrogens is 288 g/mol. The Balaban J connectivity index is 1.58. The van der Waals surface area contributed by atoms with E-state index < -0.39 is 10.0 Å². The second kappa shape index (κ2) is 6.04. The third-order valence-electron chi connectivity index (χ3n) is 4.16. The molecule has 0 radical (unpaired) electrons. The topological polar surface area (TPSA) is 69.6 Å². The number of sulfonamides is 1. The number of benzene rings is 1. The fourth-order valence-electron chi connectivity index (χ4n) is 2.99. The lowest BCUT2D eigenvalue weighted by Gasteiger charge is -2.16. The molecule has 6 heteroatoms. The summed E-state index contributed by atoms with van der Waals surface area (Å²) < 4.78 is 27.3. The fourth-order valence-corrected chi connectivity index (χ4v) is 4.39. The summed E-state index contributed by atoms with van der Waals surface area (Å²) in [5, 5.41) is 9.11. The Bertz CT molecular complexity index is 599. The van der Waals surface area contributed by atoms with Crippen LogP contribution in [-0.2, 0) is 22.4 Å². The van der Waals surface area contributed by atoms with Gasteiger partial charge >= 0.3 is 0 Å². The number of hydrogen-bond acceptors (Lipinski definition) is 4. The van der Waals surface area contributed by atoms with E-state index >= 15 is 0 Å². The molecular formula is C15H22N2O3S. The normalized spacial score (nSPS) is 23.6. The van der Waals surface area contributed by atoms with E-state index in [9.17, 15) is 8.42 Å². The molecule has 3 rings (SSSR count). The first kappa shape index (κ1) is 15.0. The molecule has 1 aromatic carbocycles. The molecule has 1 heterocycles. The zero-order valence-corrected chi connectivity index (χ0v) is 12.8. The van der Waals surface area contributed by atoms with Crippen molar-refractivity contribution in [2.45, 2.75) is 43.7 Å². The van der Waals surface area contributed by atoms with Crippen LogP contribution in [0.5, 0.6) is 0 Å². The van der Waals surface area contributed by atoms with Crippen molar-refractivity contribution in [2.75, 3.05) is 13.1 Å². The molecule has 116 valence electrons. The van der Waals surface area contributed by atoms with Gasteiger partial charge in [0.1, 0.15) is 0 Å². The molecule has 1 atom stereocenters. The van der Waals surface area contributed by atoms with Crippen LogP contribution in [-0.4, -0.2) is 43.6 Å². The standard InChI is InChI=1S/C15H22N2O3S/c18-10-12-2-1-3-13(8-12)11-21(19,20)16-14-6-7-17(9-14)15-4-5-15/h1-3,8,14-16,18H,4-7,9-11H2. The molecule has 0 bridgehead atoms. The minimum atomic E-state index is -3.33. The monoisotopic (exact) mass is 310 g/mol. The van der Waals surface area contributed by atoms with Gasteiger partial charge in [-0.15, -0.1) is 0 Å². The van der Waals surface area contributed by atoms with Crippen molar-refractivity contribution in [3.8, 4) is 0 Å². The van der Waals surface area contributed by atoms with Gasteiger partial charge in [0.15, 0.2) is 0 Å². The molecule has 0 aromatic heterocycles. The highest BCUT2D eigenvalue weighted by molar-refractivity contribution is 7.88. The van der Waals surface area contributed by atoms with E-state index in [2.05, 4.69) is 9.62 Å². The molecule has 1 aliphatic heterocycles. The van der Waals surface area contributed by atoms with E-state index in [0.29, 0.717) is 11.6 Å². The van der Waals surface area contributed by atoms with Crippen LogP contribution in [0.1, 0.15) is 30.4 Å². The molecule has 1 aromatic rings. The maximum absolute atomic E-state index is 12.3. The van der Waals surface area contributed by atoms with E-state index in [-0.39, 0.29) is 18.4 Å². The van der Waals surface area contributed by atoms with Crippen LogP contribution in [0.4, 0.5) is 0 Å². The molecule has 2 fully saturated rings. The van der Waals surface area contributed by atoms with Gasteiger partial charge in [0.2, 0.25) is 10.0 Å². The molecule has 1 saturated heterocycles. The highest BCUT2D eigenvalue weighted by Crippen LogP contribution is 2.30. The van der Waals surface area contributed by atoms with Crippen LogP contribution in [0.25, 0.3) is 0 Å². The van der Waals surface area contributed by atoms with Crippen molar-refractivity contribution < 1.29 is 13.5 Å². The molecule has 21 heavy (non-hydrogen) atoms. The highest BCUT2D eigenvalue weighted by Gasteiger charge is 2.35. The Kier molecular flexibility index (Phi) is 4.31. The number of nitrogens with one attached hydrogen (secondary N) is 1. The quantitative estimate of drug-likeness (QED) is 0.817. The van der Waals surface area contributed by atoms with Crippen molar-refractivity contribution in [1.82, 2.24) is 9.62 Å². The minimum Gasteiger partial charge on any atom is -0.392 e. The van der Waals surface area contributed by atoms with Gasteiger partial charge < -0.3 is 5.11 Å². The lowest BCUT2D eigenvalue weighted by Crippen LogP contribution is -2.38. The van der Waals surface area contributed by atoms with Gasteiger partial charge in [0, 0.05) is 25.2 Å². The van der Waals surface area contributed by atoms with Crippen LogP contribution >= 0.6 is 0 Å². The van der Waals surface area contributed by atoms with Gasteiger partial charge in [0.25, 0.3) is 0 Å². The summed E-state index contributed by atoms with van der Waals surface area (Å²) in [5.41, 5.74) is 1.45. The first-order valence-electron chi connectivity index (χ1n) is 7.48. The van der Waals surface area contributed by atoms with Crippen molar-refractivity contribution in [3.05, 3.63) is 35.4 Å². The predicted molar refractivity (Wildman–Crippen MR) is 81.1 cm³/mol. The average molecular weight is 310 g/mol. The van der Waals surface area contributed by atoms with Crippen LogP contribution < -0.4 is 4.72 Å². The zero-order valence-electron chi connectivity index (χ0n) is 12.0. The molecule has 5 nitrogen and oxygen atoms in total. The van der Waals surface area contributed by atoms with Gasteiger partial charge in [0.05, 0.1) is 12.4 Å². The SMILES string of the molecule is O=S(=O)(Cc1cccc(CO)c1)NC1CCN(C2CC2)C1. The third-order valence-corrected chi connectivity index (χ3v) is 5.57. The van der Waals surface area contributed by atoms with Gasteiger partial charge in [-0.2, -0.15) is 0 Å². The Morgan fingerprint density at radius 3 is 2.71 bits per heavy atom. The summed E-state index contributed by atoms with van der Waals surface area (Å²) in [5.74, 6) is -0.0270. The Morgan fingerprint density at radius 1 is 1.24 bits per heavy atom. The maximum atomic E-state index is 12.3. The number of likely N-dealkylation sites (tertiary alicyclic amines) is 1. The van der Waals surface area contributed by atoms with Gasteiger partial charge in [-0.3, -0.25) is 4.90 Å². The summed E-state index contributed by atoms with van der Waals surface area (Å²) in [6.07, 6.45) is 3.41. The molecule has 1 aliphatic carbocycles. The highest BCUT2D eigenvalue weighted by atomic mass is 32.2. The van der Waals surface area contributed by atoms with E-state index in [4.69, 9.17) is 5.11 Å². The zero-order chi connectivity index (χ0) is 14.9. The molecule has 1 saturated carbocycles. The number of aliphatic hydroxyl groups excluding tert-OH is 1. The van der Waals surface area contributed by atoms with E-state index in [1.165, 1.54) is 12.8 Å². The number of nitrogens with zero attached hydrogens (tertiary/aromatic N) is 1. The van der Waals surface area contributed by atoms with Gasteiger partial charge in [-0.25, -0.2) is 13.1 Å². The Labute approximate surface area is 126 Å². The summed E-state index contributed by atoms with van der Waals surface area (Å²) in [7, 11) is -3.33. The van der Waals surface area contributed by atoms with E-state index in [1.54, 1.807) is 24.3 Å². The van der Waals surface area contributed by atoms with Crippen LogP contribution in [0.15, 0.2) is 24.3 Å². The first-order chi connectivity index (χ1) is 10.1. The smallest absolute Gasteiger partial charge is 0.216 e. The molecule has 2 aliphatic rings. The van der Waals surface area contributed by atoms with Crippen molar-refractivity contribution in [2.24, 2.45) is 0 Å². The lowest BCUT2D eigenvalue weighted by molar-refractivity contribution is 0.282. The number of aliphatic hydroxyl groups is 1. The van der Waals surface area contributed by atoms with Crippen molar-refractivity contribution in [3.63, 3.8) is 0 Å². The van der Waals surface area contributed by atoms with Crippen LogP contribution in [0.2, 0.25) is 0 Å². The Morgan fingerprint density at radius 2 is 2.00 bits per heavy atom. The van der Waals surface area contributed by atoms with Gasteiger partial charge in [-0.05, 0) is 30.4 Å². The Hall–Kier alpha value is -0.950. The van der Waals surface area contributed by atoms with Crippen LogP contribution in [0.3, 0.4) is 0 Å². The van der Waals surface area contributed by atoms with Crippen molar-refractivity contribution >= 4 is 10.0 Å². The van der Waals surface area contributed by atoms with Crippen LogP contribution in [0, 0.1) is 0 Å². The number of hydrogen-bond donors (Lipinski definition) is 2. The molecule has 2 N–H and O–H groups in total. The minimum absolute atomic E-state index is 0.0270. The largest absolute Gasteiger partial charge is 0.392 e. The lowest BCUT2D eigenvalue weighted by atomic mass is 10.1. The molecule has 1 unspecified atom stereocenters. The summed E-state index contributed by atoms with van der Waals surface area (Å²) in [6, 6.07) is 7.82. The van der Waals surface area contributed by atoms with E-state index in [0.717, 1.165) is 25.1 Å². The second-order valence-electron chi connectivity index (χ2n) is 6.07. The first-order valence-corrected chi connectivity index (χ1v) is 9.14. The number of rotatable bonds is 6. The average Bonchev–Trinajstić information content (AvgIpc) is 3.19. The molecule has 0 spiro atoms. The van der Waals surface area contributed by atoms with Gasteiger partial charge in [-0.1, -0.05) is 24.3 Å².